The lowest BCUT2D eigenvalue weighted by molar-refractivity contribution is -0.384. The highest BCUT2D eigenvalue weighted by atomic mass is 32.1. The fourth-order valence-corrected chi connectivity index (χ4v) is 2.02. The molecule has 0 heterocycles. The fraction of sp³-hybridized carbons (Fsp3) is 0.133. The SMILES string of the molecule is COc1cc([N+](=O)[O-])ccc1NC(=S)NCc1ccccc1. The zero-order valence-corrected chi connectivity index (χ0v) is 12.7. The number of nitro benzene ring substituents is 1. The van der Waals surface area contributed by atoms with Crippen LogP contribution in [0.2, 0.25) is 0 Å². The van der Waals surface area contributed by atoms with E-state index in [1.807, 2.05) is 30.3 Å². The van der Waals surface area contributed by atoms with Crippen LogP contribution in [-0.4, -0.2) is 17.1 Å². The van der Waals surface area contributed by atoms with Gasteiger partial charge in [0.1, 0.15) is 5.75 Å². The van der Waals surface area contributed by atoms with Gasteiger partial charge in [0.25, 0.3) is 5.69 Å². The van der Waals surface area contributed by atoms with Gasteiger partial charge in [-0.05, 0) is 23.8 Å². The Labute approximate surface area is 133 Å². The molecule has 0 radical (unpaired) electrons. The first-order valence-electron chi connectivity index (χ1n) is 6.51. The van der Waals surface area contributed by atoms with E-state index in [-0.39, 0.29) is 5.69 Å². The number of methoxy groups -OCH3 is 1. The monoisotopic (exact) mass is 317 g/mol. The van der Waals surface area contributed by atoms with E-state index < -0.39 is 4.92 Å². The van der Waals surface area contributed by atoms with E-state index in [9.17, 15) is 10.1 Å². The molecule has 0 saturated heterocycles. The van der Waals surface area contributed by atoms with Crippen LogP contribution in [0.5, 0.6) is 5.75 Å². The van der Waals surface area contributed by atoms with Gasteiger partial charge in [-0.15, -0.1) is 0 Å². The summed E-state index contributed by atoms with van der Waals surface area (Å²) in [7, 11) is 1.45. The van der Waals surface area contributed by atoms with Gasteiger partial charge in [0, 0.05) is 12.6 Å². The van der Waals surface area contributed by atoms with Crippen LogP contribution in [-0.2, 0) is 6.54 Å². The molecular formula is C15H15N3O3S. The van der Waals surface area contributed by atoms with E-state index in [1.165, 1.54) is 19.2 Å². The summed E-state index contributed by atoms with van der Waals surface area (Å²) in [5.74, 6) is 0.359. The Morgan fingerprint density at radius 1 is 1.27 bits per heavy atom. The minimum Gasteiger partial charge on any atom is -0.494 e. The van der Waals surface area contributed by atoms with Crippen molar-refractivity contribution in [3.63, 3.8) is 0 Å². The van der Waals surface area contributed by atoms with Gasteiger partial charge in [0.15, 0.2) is 5.11 Å². The summed E-state index contributed by atoms with van der Waals surface area (Å²) < 4.78 is 5.15. The number of anilines is 1. The smallest absolute Gasteiger partial charge is 0.273 e. The summed E-state index contributed by atoms with van der Waals surface area (Å²) in [5, 5.41) is 17.2. The zero-order chi connectivity index (χ0) is 15.9. The number of hydrogen-bond acceptors (Lipinski definition) is 4. The van der Waals surface area contributed by atoms with Crippen LogP contribution < -0.4 is 15.4 Å². The second-order valence-corrected chi connectivity index (χ2v) is 4.84. The number of thiocarbonyl (C=S) groups is 1. The normalized spacial score (nSPS) is 9.86. The summed E-state index contributed by atoms with van der Waals surface area (Å²) in [6.45, 7) is 0.585. The maximum absolute atomic E-state index is 10.8. The topological polar surface area (TPSA) is 76.4 Å². The highest BCUT2D eigenvalue weighted by Crippen LogP contribution is 2.28. The lowest BCUT2D eigenvalue weighted by Gasteiger charge is -2.13. The molecule has 2 aromatic carbocycles. The van der Waals surface area contributed by atoms with Gasteiger partial charge in [-0.3, -0.25) is 10.1 Å². The number of nitrogens with one attached hydrogen (secondary N) is 2. The molecule has 2 rings (SSSR count). The summed E-state index contributed by atoms with van der Waals surface area (Å²) in [6.07, 6.45) is 0. The van der Waals surface area contributed by atoms with Crippen molar-refractivity contribution < 1.29 is 9.66 Å². The molecule has 0 aliphatic heterocycles. The zero-order valence-electron chi connectivity index (χ0n) is 11.9. The molecular weight excluding hydrogens is 302 g/mol. The van der Waals surface area contributed by atoms with Gasteiger partial charge < -0.3 is 15.4 Å². The predicted octanol–water partition coefficient (Wildman–Crippen LogP) is 3.09. The highest BCUT2D eigenvalue weighted by molar-refractivity contribution is 7.80. The summed E-state index contributed by atoms with van der Waals surface area (Å²) in [6, 6.07) is 14.1. The lowest BCUT2D eigenvalue weighted by atomic mass is 10.2. The number of ether oxygens (including phenoxy) is 1. The summed E-state index contributed by atoms with van der Waals surface area (Å²) >= 11 is 5.22. The number of nitrogens with zero attached hydrogens (tertiary/aromatic N) is 1. The molecule has 2 aromatic rings. The fourth-order valence-electron chi connectivity index (χ4n) is 1.84. The summed E-state index contributed by atoms with van der Waals surface area (Å²) in [4.78, 5) is 10.3. The van der Waals surface area contributed by atoms with Crippen molar-refractivity contribution in [1.29, 1.82) is 0 Å². The number of non-ortho nitro benzene ring substituents is 1. The Bertz CT molecular complexity index is 677. The molecule has 0 fully saturated rings. The molecule has 22 heavy (non-hydrogen) atoms. The second kappa shape index (κ2) is 7.37. The average molecular weight is 317 g/mol. The molecule has 0 spiro atoms. The van der Waals surface area contributed by atoms with Gasteiger partial charge in [-0.25, -0.2) is 0 Å². The van der Waals surface area contributed by atoms with Crippen LogP contribution in [0.4, 0.5) is 11.4 Å². The molecule has 114 valence electrons. The third-order valence-electron chi connectivity index (χ3n) is 2.94. The number of nitro groups is 1. The quantitative estimate of drug-likeness (QED) is 0.501. The molecule has 0 aliphatic rings. The van der Waals surface area contributed by atoms with Gasteiger partial charge >= 0.3 is 0 Å². The maximum Gasteiger partial charge on any atom is 0.273 e. The lowest BCUT2D eigenvalue weighted by Crippen LogP contribution is -2.28. The minimum atomic E-state index is -0.474. The van der Waals surface area contributed by atoms with Crippen LogP contribution in [0.25, 0.3) is 0 Å². The number of benzene rings is 2. The van der Waals surface area contributed by atoms with Crippen molar-refractivity contribution in [2.75, 3.05) is 12.4 Å². The molecule has 2 N–H and O–H groups in total. The van der Waals surface area contributed by atoms with Crippen molar-refractivity contribution in [3.05, 3.63) is 64.2 Å². The first-order chi connectivity index (χ1) is 10.6. The Morgan fingerprint density at radius 2 is 2.00 bits per heavy atom. The van der Waals surface area contributed by atoms with Crippen LogP contribution in [0.1, 0.15) is 5.56 Å². The van der Waals surface area contributed by atoms with E-state index in [2.05, 4.69) is 10.6 Å². The van der Waals surface area contributed by atoms with Crippen molar-refractivity contribution >= 4 is 28.7 Å². The molecule has 0 unspecified atom stereocenters. The van der Waals surface area contributed by atoms with Crippen molar-refractivity contribution in [2.24, 2.45) is 0 Å². The first-order valence-corrected chi connectivity index (χ1v) is 6.92. The Kier molecular flexibility index (Phi) is 5.26. The third kappa shape index (κ3) is 4.16. The minimum absolute atomic E-state index is 0.0365. The Morgan fingerprint density at radius 3 is 2.64 bits per heavy atom. The highest BCUT2D eigenvalue weighted by Gasteiger charge is 2.12. The molecule has 0 amide bonds. The van der Waals surface area contributed by atoms with E-state index >= 15 is 0 Å². The van der Waals surface area contributed by atoms with Gasteiger partial charge in [-0.2, -0.15) is 0 Å². The Balaban J connectivity index is 2.00. The second-order valence-electron chi connectivity index (χ2n) is 4.43. The van der Waals surface area contributed by atoms with E-state index in [0.29, 0.717) is 23.1 Å². The largest absolute Gasteiger partial charge is 0.494 e. The van der Waals surface area contributed by atoms with Gasteiger partial charge in [-0.1, -0.05) is 30.3 Å². The van der Waals surface area contributed by atoms with E-state index in [0.717, 1.165) is 5.56 Å². The summed E-state index contributed by atoms with van der Waals surface area (Å²) in [5.41, 5.74) is 1.63. The van der Waals surface area contributed by atoms with Crippen LogP contribution in [0, 0.1) is 10.1 Å². The van der Waals surface area contributed by atoms with Crippen molar-refractivity contribution in [1.82, 2.24) is 5.32 Å². The number of hydrogen-bond donors (Lipinski definition) is 2. The van der Waals surface area contributed by atoms with Crippen LogP contribution >= 0.6 is 12.2 Å². The standard InChI is InChI=1S/C15H15N3O3S/c1-21-14-9-12(18(19)20)7-8-13(14)17-15(22)16-10-11-5-3-2-4-6-11/h2-9H,10H2,1H3,(H2,16,17,22). The third-order valence-corrected chi connectivity index (χ3v) is 3.19. The van der Waals surface area contributed by atoms with E-state index in [1.54, 1.807) is 6.07 Å². The average Bonchev–Trinajstić information content (AvgIpc) is 2.54. The van der Waals surface area contributed by atoms with Gasteiger partial charge in [0.2, 0.25) is 0 Å². The van der Waals surface area contributed by atoms with Crippen molar-refractivity contribution in [3.8, 4) is 5.75 Å². The maximum atomic E-state index is 10.8. The molecule has 0 aliphatic carbocycles. The first kappa shape index (κ1) is 15.7. The van der Waals surface area contributed by atoms with E-state index in [4.69, 9.17) is 17.0 Å². The molecule has 0 aromatic heterocycles. The molecule has 0 saturated carbocycles. The Hall–Kier alpha value is -2.67. The molecule has 0 bridgehead atoms. The molecule has 7 heteroatoms. The van der Waals surface area contributed by atoms with Gasteiger partial charge in [0.05, 0.1) is 23.8 Å². The predicted molar refractivity (Wildman–Crippen MR) is 89.2 cm³/mol. The molecule has 6 nitrogen and oxygen atoms in total. The number of rotatable bonds is 5. The van der Waals surface area contributed by atoms with Crippen molar-refractivity contribution in [2.45, 2.75) is 6.54 Å². The van der Waals surface area contributed by atoms with Crippen LogP contribution in [0.3, 0.4) is 0 Å². The van der Waals surface area contributed by atoms with Crippen LogP contribution in [0.15, 0.2) is 48.5 Å². The molecule has 0 atom stereocenters.